The van der Waals surface area contributed by atoms with Gasteiger partial charge in [-0.3, -0.25) is 14.4 Å². The van der Waals surface area contributed by atoms with E-state index in [0.717, 1.165) is 28.4 Å². The van der Waals surface area contributed by atoms with Crippen LogP contribution in [0.1, 0.15) is 47.2 Å². The summed E-state index contributed by atoms with van der Waals surface area (Å²) in [7, 11) is 0. The molecule has 3 N–H and O–H groups in total. The van der Waals surface area contributed by atoms with Crippen molar-refractivity contribution in [2.45, 2.75) is 69.1 Å². The van der Waals surface area contributed by atoms with Gasteiger partial charge in [0.15, 0.2) is 0 Å². The van der Waals surface area contributed by atoms with Crippen LogP contribution in [-0.2, 0) is 25.5 Å². The fourth-order valence-corrected chi connectivity index (χ4v) is 7.74. The highest BCUT2D eigenvalue weighted by Crippen LogP contribution is 2.34. The summed E-state index contributed by atoms with van der Waals surface area (Å²) in [6, 6.07) is -2.34. The molecule has 0 unspecified atom stereocenters. The molecule has 6 bridgehead atoms. The second-order valence-corrected chi connectivity index (χ2v) is 12.6. The molecule has 4 atom stereocenters. The number of morpholine rings is 1. The van der Waals surface area contributed by atoms with Crippen LogP contribution in [0.4, 0.5) is 4.79 Å². The van der Waals surface area contributed by atoms with Crippen molar-refractivity contribution in [2.24, 2.45) is 5.73 Å². The summed E-state index contributed by atoms with van der Waals surface area (Å²) < 4.78 is 5.41. The van der Waals surface area contributed by atoms with Gasteiger partial charge in [-0.05, 0) is 32.6 Å². The van der Waals surface area contributed by atoms with E-state index in [-0.39, 0.29) is 61.3 Å². The van der Waals surface area contributed by atoms with Crippen molar-refractivity contribution in [3.8, 4) is 0 Å². The molecule has 0 spiro atoms. The Morgan fingerprint density at radius 3 is 2.51 bits per heavy atom. The molecule has 4 fully saturated rings. The molecule has 212 valence electrons. The number of urea groups is 1. The number of rotatable bonds is 0. The Labute approximate surface area is 231 Å². The maximum Gasteiger partial charge on any atom is 0.320 e. The number of thiazole rings is 1. The molecular weight excluding hydrogens is 522 g/mol. The number of carbonyl (C=O) groups excluding carboxylic acids is 4. The molecule has 12 nitrogen and oxygen atoms in total. The maximum atomic E-state index is 14.1. The van der Waals surface area contributed by atoms with Gasteiger partial charge >= 0.3 is 6.03 Å². The van der Waals surface area contributed by atoms with Gasteiger partial charge < -0.3 is 35.4 Å². The van der Waals surface area contributed by atoms with Gasteiger partial charge in [-0.1, -0.05) is 0 Å². The molecule has 7 heterocycles. The lowest BCUT2D eigenvalue weighted by Crippen LogP contribution is -2.56. The highest BCUT2D eigenvalue weighted by Gasteiger charge is 2.48. The van der Waals surface area contributed by atoms with E-state index in [1.54, 1.807) is 26.0 Å². The van der Waals surface area contributed by atoms with Crippen LogP contribution in [0.3, 0.4) is 0 Å². The van der Waals surface area contributed by atoms with E-state index < -0.39 is 12.1 Å². The van der Waals surface area contributed by atoms with Crippen molar-refractivity contribution in [3.05, 3.63) is 15.6 Å². The highest BCUT2D eigenvalue weighted by molar-refractivity contribution is 7.11. The van der Waals surface area contributed by atoms with Gasteiger partial charge in [0, 0.05) is 62.1 Å². The first-order valence-corrected chi connectivity index (χ1v) is 14.8. The van der Waals surface area contributed by atoms with Crippen LogP contribution < -0.4 is 11.1 Å². The number of fused-ring (bicyclic) bond motifs is 4. The van der Waals surface area contributed by atoms with Crippen molar-refractivity contribution < 1.29 is 23.9 Å². The van der Waals surface area contributed by atoms with Crippen LogP contribution in [0.2, 0.25) is 0 Å². The maximum absolute atomic E-state index is 14.1. The van der Waals surface area contributed by atoms with Gasteiger partial charge in [0.05, 0.1) is 30.3 Å². The zero-order valence-electron chi connectivity index (χ0n) is 22.3. The lowest BCUT2D eigenvalue weighted by atomic mass is 9.96. The van der Waals surface area contributed by atoms with Gasteiger partial charge in [0.25, 0.3) is 0 Å². The third-order valence-electron chi connectivity index (χ3n) is 8.77. The number of nitrogens with two attached hydrogens (primary N) is 1. The Morgan fingerprint density at radius 1 is 1.03 bits per heavy atom. The lowest BCUT2D eigenvalue weighted by Gasteiger charge is -2.37. The van der Waals surface area contributed by atoms with Gasteiger partial charge in [0.2, 0.25) is 17.7 Å². The first-order valence-electron chi connectivity index (χ1n) is 14.0. The minimum absolute atomic E-state index is 0.0658. The molecule has 7 rings (SSSR count). The summed E-state index contributed by atoms with van der Waals surface area (Å²) in [5.41, 5.74) is 7.07. The quantitative estimate of drug-likeness (QED) is 0.443. The number of aryl methyl sites for hydroxylation is 1. The highest BCUT2D eigenvalue weighted by atomic mass is 32.1. The van der Waals surface area contributed by atoms with E-state index in [1.165, 1.54) is 0 Å². The van der Waals surface area contributed by atoms with Crippen molar-refractivity contribution in [1.29, 1.82) is 0 Å². The second-order valence-electron chi connectivity index (χ2n) is 11.4. The average molecular weight is 560 g/mol. The van der Waals surface area contributed by atoms with Gasteiger partial charge in [-0.25, -0.2) is 9.78 Å². The summed E-state index contributed by atoms with van der Waals surface area (Å²) in [5.74, 6) is -0.241. The van der Waals surface area contributed by atoms with Crippen molar-refractivity contribution in [1.82, 2.24) is 29.9 Å². The first kappa shape index (κ1) is 26.5. The lowest BCUT2D eigenvalue weighted by molar-refractivity contribution is -0.146. The van der Waals surface area contributed by atoms with E-state index in [4.69, 9.17) is 15.5 Å². The molecule has 4 saturated heterocycles. The Kier molecular flexibility index (Phi) is 7.23. The van der Waals surface area contributed by atoms with Crippen LogP contribution in [0.5, 0.6) is 0 Å². The van der Waals surface area contributed by atoms with Crippen LogP contribution >= 0.6 is 11.3 Å². The minimum Gasteiger partial charge on any atom is -0.378 e. The van der Waals surface area contributed by atoms with Crippen LogP contribution in [-0.4, -0.2) is 125 Å². The molecule has 1 aromatic heterocycles. The number of hydrogen-bond acceptors (Lipinski definition) is 8. The first-order chi connectivity index (χ1) is 18.8. The standard InChI is InChI=1S/C26H37N7O5S/c1-15-19-12-22(34)28-18-11-21(33(14-18)26(37)31-6-8-38-9-7-31)25(36)32-13-17(27)10-20(32)24(35)30-4-2-16(3-5-30)23(29-19)39-15/h16-18,20-21H,2-14,27H2,1H3,(H,28,34)/t17-,18-,20-,21-/m0/s1. The Morgan fingerprint density at radius 2 is 1.77 bits per heavy atom. The molecule has 0 aliphatic carbocycles. The summed E-state index contributed by atoms with van der Waals surface area (Å²) in [4.78, 5) is 67.1. The number of nitrogens with zero attached hydrogens (tertiary/aromatic N) is 5. The number of likely N-dealkylation sites (tertiary alicyclic amines) is 1. The van der Waals surface area contributed by atoms with E-state index in [1.807, 2.05) is 11.8 Å². The van der Waals surface area contributed by atoms with E-state index in [9.17, 15) is 19.2 Å². The topological polar surface area (TPSA) is 141 Å². The van der Waals surface area contributed by atoms with E-state index >= 15 is 0 Å². The monoisotopic (exact) mass is 559 g/mol. The minimum atomic E-state index is -0.778. The average Bonchev–Trinajstić information content (AvgIpc) is 3.64. The van der Waals surface area contributed by atoms with Gasteiger partial charge in [0.1, 0.15) is 12.1 Å². The van der Waals surface area contributed by atoms with Crippen molar-refractivity contribution in [3.63, 3.8) is 0 Å². The summed E-state index contributed by atoms with van der Waals surface area (Å²) in [6.45, 7) is 5.48. The Hall–Kier alpha value is -2.77. The normalized spacial score (nSPS) is 31.9. The molecule has 6 aliphatic rings. The molecule has 13 heteroatoms. The number of amides is 5. The van der Waals surface area contributed by atoms with E-state index in [2.05, 4.69) is 5.32 Å². The molecule has 39 heavy (non-hydrogen) atoms. The number of carbonyl (C=O) groups is 4. The van der Waals surface area contributed by atoms with Crippen molar-refractivity contribution in [2.75, 3.05) is 52.5 Å². The predicted molar refractivity (Wildman–Crippen MR) is 142 cm³/mol. The van der Waals surface area contributed by atoms with Gasteiger partial charge in [-0.15, -0.1) is 11.3 Å². The van der Waals surface area contributed by atoms with Crippen LogP contribution in [0.15, 0.2) is 0 Å². The smallest absolute Gasteiger partial charge is 0.320 e. The Bertz CT molecular complexity index is 1150. The summed E-state index contributed by atoms with van der Waals surface area (Å²) in [6.07, 6.45) is 2.45. The fraction of sp³-hybridized carbons (Fsp3) is 0.731. The van der Waals surface area contributed by atoms with Gasteiger partial charge in [-0.2, -0.15) is 0 Å². The third-order valence-corrected chi connectivity index (χ3v) is 9.95. The van der Waals surface area contributed by atoms with Crippen LogP contribution in [0.25, 0.3) is 0 Å². The van der Waals surface area contributed by atoms with Crippen molar-refractivity contribution >= 4 is 35.1 Å². The largest absolute Gasteiger partial charge is 0.378 e. The molecule has 0 saturated carbocycles. The zero-order chi connectivity index (χ0) is 27.3. The molecule has 6 aliphatic heterocycles. The summed E-state index contributed by atoms with van der Waals surface area (Å²) in [5, 5.41) is 4.09. The zero-order valence-corrected chi connectivity index (χ0v) is 23.2. The molecule has 0 radical (unpaired) electrons. The van der Waals surface area contributed by atoms with Crippen LogP contribution in [0, 0.1) is 6.92 Å². The molecular formula is C26H37N7O5S. The number of aromatic nitrogens is 1. The SMILES string of the molecule is Cc1sc2nc1CC(=O)N[C@H]1C[C@@H](C(=O)N3C[C@@H](N)C[C@H]3C(=O)N3CCC2CC3)N(C(=O)N2CCOCC2)C1. The fourth-order valence-electron chi connectivity index (χ4n) is 6.64. The van der Waals surface area contributed by atoms with E-state index in [0.29, 0.717) is 52.2 Å². The molecule has 5 amide bonds. The predicted octanol–water partition coefficient (Wildman–Crippen LogP) is -0.347. The third kappa shape index (κ3) is 5.11. The number of hydrogen-bond donors (Lipinski definition) is 2. The molecule has 1 aromatic rings. The molecule has 0 aromatic carbocycles. The number of piperidine rings is 1. The Balaban J connectivity index is 1.32. The summed E-state index contributed by atoms with van der Waals surface area (Å²) >= 11 is 1.64. The number of nitrogens with one attached hydrogen (secondary N) is 1. The number of ether oxygens (including phenoxy) is 1. The second kappa shape index (κ2) is 10.7.